The number of allylic oxidation sites excluding steroid dienone is 1. The van der Waals surface area contributed by atoms with Gasteiger partial charge in [0.2, 0.25) is 4.87 Å². The number of carboxylic acid groups (broad SMARTS) is 1. The van der Waals surface area contributed by atoms with Crippen molar-refractivity contribution in [3.8, 4) is 11.8 Å². The molecule has 0 aliphatic carbocycles. The maximum Gasteiger partial charge on any atom is 0.345 e. The van der Waals surface area contributed by atoms with Gasteiger partial charge in [0.25, 0.3) is 0 Å². The normalized spacial score (nSPS) is 20.2. The molecule has 6 heteroatoms. The quantitative estimate of drug-likeness (QED) is 0.868. The fourth-order valence-corrected chi connectivity index (χ4v) is 3.10. The number of carbonyl (C=O) groups is 1. The van der Waals surface area contributed by atoms with Crippen LogP contribution in [0.2, 0.25) is 0 Å². The number of hydrogen-bond acceptors (Lipinski definition) is 5. The van der Waals surface area contributed by atoms with Gasteiger partial charge in [-0.15, -0.1) is 0 Å². The topological polar surface area (TPSA) is 82.3 Å². The lowest BCUT2D eigenvalue weighted by Gasteiger charge is -2.26. The van der Waals surface area contributed by atoms with E-state index < -0.39 is 10.8 Å². The molecule has 5 nitrogen and oxygen atoms in total. The van der Waals surface area contributed by atoms with Gasteiger partial charge < -0.3 is 15.2 Å². The van der Waals surface area contributed by atoms with E-state index in [1.165, 1.54) is 11.8 Å². The van der Waals surface area contributed by atoms with Gasteiger partial charge in [-0.25, -0.2) is 4.79 Å². The van der Waals surface area contributed by atoms with E-state index in [2.05, 4.69) is 11.4 Å². The highest BCUT2D eigenvalue weighted by Crippen LogP contribution is 2.42. The second kappa shape index (κ2) is 6.32. The van der Waals surface area contributed by atoms with Crippen LogP contribution in [0.4, 0.5) is 0 Å². The van der Waals surface area contributed by atoms with Gasteiger partial charge in [-0.1, -0.05) is 31.7 Å². The fourth-order valence-electron chi connectivity index (χ4n) is 2.10. The third-order valence-corrected chi connectivity index (χ3v) is 4.50. The Morgan fingerprint density at radius 3 is 2.77 bits per heavy atom. The molecule has 2 rings (SSSR count). The van der Waals surface area contributed by atoms with Crippen LogP contribution in [-0.2, 0) is 9.67 Å². The molecule has 0 fully saturated rings. The number of nitrogens with one attached hydrogen (secondary N) is 1. The zero-order valence-corrected chi connectivity index (χ0v) is 13.5. The summed E-state index contributed by atoms with van der Waals surface area (Å²) in [5.74, 6) is -0.172. The molecule has 1 aromatic rings. The monoisotopic (exact) mass is 318 g/mol. The fraction of sp³-hybridized carbons (Fsp3) is 0.375. The molecule has 0 spiro atoms. The van der Waals surface area contributed by atoms with Crippen LogP contribution in [0, 0.1) is 17.2 Å². The summed E-state index contributed by atoms with van der Waals surface area (Å²) in [7, 11) is 0. The Hall–Kier alpha value is -2.13. The number of ether oxygens (including phenoxy) is 1. The smallest absolute Gasteiger partial charge is 0.345 e. The average Bonchev–Trinajstić information content (AvgIpc) is 2.88. The van der Waals surface area contributed by atoms with Gasteiger partial charge in [-0.05, 0) is 30.4 Å². The summed E-state index contributed by atoms with van der Waals surface area (Å²) in [5, 5.41) is 23.7. The SMILES string of the molecule is CC1=CSC(C(=O)O)(c2ccc(OCC(C)C)c(C#N)c2)N1. The summed E-state index contributed by atoms with van der Waals surface area (Å²) >= 11 is 1.18. The van der Waals surface area contributed by atoms with Crippen LogP contribution in [0.3, 0.4) is 0 Å². The van der Waals surface area contributed by atoms with Crippen molar-refractivity contribution in [1.82, 2.24) is 5.32 Å². The number of hydrogen-bond donors (Lipinski definition) is 2. The van der Waals surface area contributed by atoms with Crippen LogP contribution in [0.1, 0.15) is 31.9 Å². The van der Waals surface area contributed by atoms with Crippen molar-refractivity contribution in [2.24, 2.45) is 5.92 Å². The van der Waals surface area contributed by atoms with Crippen molar-refractivity contribution >= 4 is 17.7 Å². The molecule has 1 aliphatic heterocycles. The molecule has 0 amide bonds. The van der Waals surface area contributed by atoms with Crippen LogP contribution >= 0.6 is 11.8 Å². The molecular formula is C16H18N2O3S. The van der Waals surface area contributed by atoms with Crippen molar-refractivity contribution in [2.45, 2.75) is 25.6 Å². The van der Waals surface area contributed by atoms with Crippen LogP contribution < -0.4 is 10.1 Å². The first-order valence-corrected chi connectivity index (χ1v) is 7.80. The molecule has 0 aromatic heterocycles. The highest BCUT2D eigenvalue weighted by atomic mass is 32.2. The predicted octanol–water partition coefficient (Wildman–Crippen LogP) is 3.03. The minimum absolute atomic E-state index is 0.339. The third kappa shape index (κ3) is 3.04. The molecule has 0 saturated carbocycles. The molecule has 2 N–H and O–H groups in total. The van der Waals surface area contributed by atoms with E-state index in [9.17, 15) is 15.2 Å². The minimum Gasteiger partial charge on any atom is -0.492 e. The summed E-state index contributed by atoms with van der Waals surface area (Å²) in [4.78, 5) is 10.5. The Labute approximate surface area is 134 Å². The highest BCUT2D eigenvalue weighted by Gasteiger charge is 2.44. The van der Waals surface area contributed by atoms with Gasteiger partial charge in [-0.3, -0.25) is 0 Å². The first kappa shape index (κ1) is 16.2. The summed E-state index contributed by atoms with van der Waals surface area (Å²) in [6.07, 6.45) is 0. The van der Waals surface area contributed by atoms with Gasteiger partial charge in [0.15, 0.2) is 0 Å². The van der Waals surface area contributed by atoms with E-state index in [-0.39, 0.29) is 0 Å². The summed E-state index contributed by atoms with van der Waals surface area (Å²) in [6, 6.07) is 7.01. The lowest BCUT2D eigenvalue weighted by molar-refractivity contribution is -0.140. The minimum atomic E-state index is -1.29. The first-order chi connectivity index (χ1) is 10.4. The van der Waals surface area contributed by atoms with E-state index in [0.29, 0.717) is 29.4 Å². The van der Waals surface area contributed by atoms with Crippen LogP contribution in [-0.4, -0.2) is 17.7 Å². The molecule has 0 radical (unpaired) electrons. The number of aliphatic carboxylic acids is 1. The molecule has 1 aliphatic rings. The van der Waals surface area contributed by atoms with Crippen molar-refractivity contribution in [1.29, 1.82) is 5.26 Å². The number of benzene rings is 1. The zero-order valence-electron chi connectivity index (χ0n) is 12.7. The molecule has 0 saturated heterocycles. The van der Waals surface area contributed by atoms with Crippen molar-refractivity contribution < 1.29 is 14.6 Å². The average molecular weight is 318 g/mol. The lowest BCUT2D eigenvalue weighted by Crippen LogP contribution is -2.42. The largest absolute Gasteiger partial charge is 0.492 e. The molecule has 116 valence electrons. The highest BCUT2D eigenvalue weighted by molar-refractivity contribution is 8.03. The van der Waals surface area contributed by atoms with E-state index in [1.807, 2.05) is 20.8 Å². The molecule has 1 aromatic carbocycles. The second-order valence-corrected chi connectivity index (χ2v) is 6.64. The summed E-state index contributed by atoms with van der Waals surface area (Å²) < 4.78 is 5.61. The predicted molar refractivity (Wildman–Crippen MR) is 85.3 cm³/mol. The summed E-state index contributed by atoms with van der Waals surface area (Å²) in [6.45, 7) is 6.36. The molecule has 22 heavy (non-hydrogen) atoms. The summed E-state index contributed by atoms with van der Waals surface area (Å²) in [5.41, 5.74) is 1.64. The number of rotatable bonds is 5. The molecular weight excluding hydrogens is 300 g/mol. The van der Waals surface area contributed by atoms with E-state index in [0.717, 1.165) is 5.70 Å². The van der Waals surface area contributed by atoms with E-state index in [4.69, 9.17) is 4.74 Å². The van der Waals surface area contributed by atoms with Crippen LogP contribution in [0.5, 0.6) is 5.75 Å². The van der Waals surface area contributed by atoms with Crippen molar-refractivity contribution in [3.05, 3.63) is 40.4 Å². The molecule has 0 bridgehead atoms. The van der Waals surface area contributed by atoms with Crippen molar-refractivity contribution in [3.63, 3.8) is 0 Å². The van der Waals surface area contributed by atoms with Gasteiger partial charge in [0.1, 0.15) is 11.8 Å². The number of carboxylic acids is 1. The Balaban J connectivity index is 2.37. The lowest BCUT2D eigenvalue weighted by atomic mass is 10.0. The van der Waals surface area contributed by atoms with Gasteiger partial charge in [0, 0.05) is 11.3 Å². The Kier molecular flexibility index (Phi) is 4.67. The maximum atomic E-state index is 11.7. The van der Waals surface area contributed by atoms with Crippen molar-refractivity contribution in [2.75, 3.05) is 6.61 Å². The van der Waals surface area contributed by atoms with Crippen LogP contribution in [0.15, 0.2) is 29.3 Å². The number of thioether (sulfide) groups is 1. The number of nitriles is 1. The zero-order chi connectivity index (χ0) is 16.3. The maximum absolute atomic E-state index is 11.7. The van der Waals surface area contributed by atoms with Gasteiger partial charge in [0.05, 0.1) is 12.2 Å². The molecule has 1 atom stereocenters. The Morgan fingerprint density at radius 2 is 2.27 bits per heavy atom. The van der Waals surface area contributed by atoms with E-state index in [1.54, 1.807) is 23.6 Å². The molecule has 1 heterocycles. The van der Waals surface area contributed by atoms with Crippen LogP contribution in [0.25, 0.3) is 0 Å². The van der Waals surface area contributed by atoms with Gasteiger partial charge >= 0.3 is 5.97 Å². The first-order valence-electron chi connectivity index (χ1n) is 6.92. The second-order valence-electron chi connectivity index (χ2n) is 5.56. The van der Waals surface area contributed by atoms with Gasteiger partial charge in [-0.2, -0.15) is 5.26 Å². The number of nitrogens with zero attached hydrogens (tertiary/aromatic N) is 1. The Bertz CT molecular complexity index is 664. The molecule has 1 unspecified atom stereocenters. The third-order valence-electron chi connectivity index (χ3n) is 3.17. The Morgan fingerprint density at radius 1 is 1.55 bits per heavy atom. The van der Waals surface area contributed by atoms with E-state index >= 15 is 0 Å². The standard InChI is InChI=1S/C16H18N2O3S/c1-10(2)8-21-14-5-4-13(6-12(14)7-17)16(15(19)20)18-11(3)9-22-16/h4-6,9-10,18H,8H2,1-3H3,(H,19,20).